The molecule has 0 unspecified atom stereocenters. The van der Waals surface area contributed by atoms with Gasteiger partial charge >= 0.3 is 8.56 Å². The van der Waals surface area contributed by atoms with Crippen LogP contribution in [-0.4, -0.2) is 29.9 Å². The van der Waals surface area contributed by atoms with Crippen LogP contribution in [0.3, 0.4) is 0 Å². The van der Waals surface area contributed by atoms with Gasteiger partial charge in [0, 0.05) is 19.4 Å². The van der Waals surface area contributed by atoms with Gasteiger partial charge in [0.2, 0.25) is 0 Å². The van der Waals surface area contributed by atoms with E-state index in [0.29, 0.717) is 0 Å². The zero-order chi connectivity index (χ0) is 14.6. The Balaban J connectivity index is 2.77. The van der Waals surface area contributed by atoms with Crippen LogP contribution in [0.1, 0.15) is 13.3 Å². The number of rotatable bonds is 6. The first-order chi connectivity index (χ1) is 9.72. The zero-order valence-electron chi connectivity index (χ0n) is 12.6. The van der Waals surface area contributed by atoms with Crippen LogP contribution in [0.5, 0.6) is 5.75 Å². The second-order valence-electron chi connectivity index (χ2n) is 4.78. The number of fused-ring (bicyclic) bond motifs is 1. The highest BCUT2D eigenvalue weighted by Gasteiger charge is 2.41. The SMILES string of the molecule is CCC[Si](OC)(OC)c1c(OC)ccc2ccccc12. The molecule has 0 N–H and O–H groups in total. The van der Waals surface area contributed by atoms with Gasteiger partial charge in [-0.05, 0) is 22.9 Å². The van der Waals surface area contributed by atoms with Gasteiger partial charge in [0.25, 0.3) is 0 Å². The van der Waals surface area contributed by atoms with Gasteiger partial charge in [-0.15, -0.1) is 0 Å². The van der Waals surface area contributed by atoms with E-state index in [2.05, 4.69) is 25.1 Å². The molecule has 0 saturated carbocycles. The molecular weight excluding hydrogens is 268 g/mol. The Morgan fingerprint density at radius 2 is 1.65 bits per heavy atom. The fourth-order valence-electron chi connectivity index (χ4n) is 2.76. The maximum absolute atomic E-state index is 5.90. The smallest absolute Gasteiger partial charge is 0.376 e. The molecule has 0 fully saturated rings. The molecule has 2 aromatic rings. The van der Waals surface area contributed by atoms with Crippen molar-refractivity contribution in [2.75, 3.05) is 21.3 Å². The number of methoxy groups -OCH3 is 1. The summed E-state index contributed by atoms with van der Waals surface area (Å²) >= 11 is 0. The van der Waals surface area contributed by atoms with Crippen LogP contribution in [0, 0.1) is 0 Å². The van der Waals surface area contributed by atoms with Crippen molar-refractivity contribution in [3.63, 3.8) is 0 Å². The van der Waals surface area contributed by atoms with Crippen molar-refractivity contribution in [3.8, 4) is 5.75 Å². The lowest BCUT2D eigenvalue weighted by Gasteiger charge is -2.30. The molecule has 0 bridgehead atoms. The fraction of sp³-hybridized carbons (Fsp3) is 0.375. The van der Waals surface area contributed by atoms with Crippen LogP contribution in [0.2, 0.25) is 6.04 Å². The van der Waals surface area contributed by atoms with Crippen LogP contribution in [0.15, 0.2) is 36.4 Å². The van der Waals surface area contributed by atoms with E-state index in [4.69, 9.17) is 13.6 Å². The molecule has 0 heterocycles. The van der Waals surface area contributed by atoms with E-state index in [-0.39, 0.29) is 0 Å². The minimum atomic E-state index is -2.47. The zero-order valence-corrected chi connectivity index (χ0v) is 13.6. The Bertz CT molecular complexity index is 579. The van der Waals surface area contributed by atoms with Crippen LogP contribution in [0.4, 0.5) is 0 Å². The van der Waals surface area contributed by atoms with Crippen molar-refractivity contribution in [2.45, 2.75) is 19.4 Å². The fourth-order valence-corrected chi connectivity index (χ4v) is 5.85. The molecule has 0 saturated heterocycles. The predicted octanol–water partition coefficient (Wildman–Crippen LogP) is 3.20. The van der Waals surface area contributed by atoms with Crippen LogP contribution in [0.25, 0.3) is 10.8 Å². The second-order valence-corrected chi connectivity index (χ2v) is 8.10. The topological polar surface area (TPSA) is 27.7 Å². The van der Waals surface area contributed by atoms with Crippen molar-refractivity contribution in [1.82, 2.24) is 0 Å². The highest BCUT2D eigenvalue weighted by Crippen LogP contribution is 2.26. The molecule has 0 aliphatic rings. The molecule has 2 rings (SSSR count). The van der Waals surface area contributed by atoms with Crippen molar-refractivity contribution in [2.24, 2.45) is 0 Å². The highest BCUT2D eigenvalue weighted by molar-refractivity contribution is 6.83. The monoisotopic (exact) mass is 290 g/mol. The van der Waals surface area contributed by atoms with Gasteiger partial charge in [0.05, 0.1) is 7.11 Å². The molecule has 2 aromatic carbocycles. The van der Waals surface area contributed by atoms with Gasteiger partial charge in [-0.1, -0.05) is 43.7 Å². The summed E-state index contributed by atoms with van der Waals surface area (Å²) in [6, 6.07) is 13.3. The van der Waals surface area contributed by atoms with E-state index < -0.39 is 8.56 Å². The predicted molar refractivity (Wildman–Crippen MR) is 85.0 cm³/mol. The first-order valence-electron chi connectivity index (χ1n) is 6.89. The molecular formula is C16H22O3Si. The summed E-state index contributed by atoms with van der Waals surface area (Å²) in [4.78, 5) is 0. The standard InChI is InChI=1S/C16H22O3Si/c1-5-12-20(18-3,19-4)16-14-9-7-6-8-13(14)10-11-15(16)17-2/h6-11H,5,12H2,1-4H3. The Morgan fingerprint density at radius 3 is 2.25 bits per heavy atom. The maximum Gasteiger partial charge on any atom is 0.376 e. The summed E-state index contributed by atoms with van der Waals surface area (Å²) in [5, 5.41) is 3.45. The molecule has 0 spiro atoms. The van der Waals surface area contributed by atoms with Gasteiger partial charge in [-0.25, -0.2) is 0 Å². The number of hydrogen-bond donors (Lipinski definition) is 0. The molecule has 0 atom stereocenters. The lowest BCUT2D eigenvalue weighted by molar-refractivity contribution is 0.256. The summed E-state index contributed by atoms with van der Waals surface area (Å²) < 4.78 is 17.4. The molecule has 3 nitrogen and oxygen atoms in total. The Labute approximate surface area is 121 Å². The van der Waals surface area contributed by atoms with E-state index in [1.165, 1.54) is 5.39 Å². The lowest BCUT2D eigenvalue weighted by Crippen LogP contribution is -2.53. The minimum Gasteiger partial charge on any atom is -0.497 e. The molecule has 4 heteroatoms. The largest absolute Gasteiger partial charge is 0.497 e. The lowest BCUT2D eigenvalue weighted by atomic mass is 10.1. The average Bonchev–Trinajstić information content (AvgIpc) is 2.52. The summed E-state index contributed by atoms with van der Waals surface area (Å²) in [5.74, 6) is 0.854. The van der Waals surface area contributed by atoms with E-state index in [1.807, 2.05) is 18.2 Å². The van der Waals surface area contributed by atoms with Crippen molar-refractivity contribution in [1.29, 1.82) is 0 Å². The quantitative estimate of drug-likeness (QED) is 0.765. The van der Waals surface area contributed by atoms with Gasteiger partial charge in [0.1, 0.15) is 5.75 Å². The number of ether oxygens (including phenoxy) is 1. The molecule has 0 aliphatic heterocycles. The second kappa shape index (κ2) is 6.39. The van der Waals surface area contributed by atoms with Gasteiger partial charge < -0.3 is 13.6 Å². The van der Waals surface area contributed by atoms with Gasteiger partial charge in [0.15, 0.2) is 0 Å². The van der Waals surface area contributed by atoms with Crippen molar-refractivity contribution in [3.05, 3.63) is 36.4 Å². The Hall–Kier alpha value is -1.36. The maximum atomic E-state index is 5.90. The molecule has 108 valence electrons. The summed E-state index contributed by atoms with van der Waals surface area (Å²) in [7, 11) is 2.71. The highest BCUT2D eigenvalue weighted by atomic mass is 28.4. The average molecular weight is 290 g/mol. The minimum absolute atomic E-state index is 0.854. The summed E-state index contributed by atoms with van der Waals surface area (Å²) in [6.45, 7) is 2.15. The molecule has 0 radical (unpaired) electrons. The molecule has 0 amide bonds. The molecule has 0 aliphatic carbocycles. The van der Waals surface area contributed by atoms with E-state index >= 15 is 0 Å². The van der Waals surface area contributed by atoms with E-state index in [9.17, 15) is 0 Å². The number of benzene rings is 2. The normalized spacial score (nSPS) is 11.8. The summed E-state index contributed by atoms with van der Waals surface area (Å²) in [6.07, 6.45) is 1.01. The van der Waals surface area contributed by atoms with E-state index in [1.54, 1.807) is 21.3 Å². The molecule has 0 aromatic heterocycles. The number of hydrogen-bond acceptors (Lipinski definition) is 3. The van der Waals surface area contributed by atoms with Crippen LogP contribution < -0.4 is 9.92 Å². The Kier molecular flexibility index (Phi) is 4.80. The van der Waals surface area contributed by atoms with E-state index in [0.717, 1.165) is 28.8 Å². The van der Waals surface area contributed by atoms with Gasteiger partial charge in [-0.2, -0.15) is 0 Å². The van der Waals surface area contributed by atoms with Crippen molar-refractivity contribution < 1.29 is 13.6 Å². The van der Waals surface area contributed by atoms with Crippen molar-refractivity contribution >= 4 is 24.5 Å². The van der Waals surface area contributed by atoms with Crippen LogP contribution >= 0.6 is 0 Å². The summed E-state index contributed by atoms with van der Waals surface area (Å²) in [5.41, 5.74) is 0. The van der Waals surface area contributed by atoms with Crippen LogP contribution in [-0.2, 0) is 8.85 Å². The third-order valence-corrected chi connectivity index (χ3v) is 7.48. The first kappa shape index (κ1) is 15.0. The third-order valence-electron chi connectivity index (χ3n) is 3.73. The Morgan fingerprint density at radius 1 is 0.950 bits per heavy atom. The van der Waals surface area contributed by atoms with Gasteiger partial charge in [-0.3, -0.25) is 0 Å². The third kappa shape index (κ3) is 2.46. The molecule has 20 heavy (non-hydrogen) atoms. The first-order valence-corrected chi connectivity index (χ1v) is 8.91.